The molecule has 41 heavy (non-hydrogen) atoms. The summed E-state index contributed by atoms with van der Waals surface area (Å²) in [5, 5.41) is 4.53. The van der Waals surface area contributed by atoms with Crippen molar-refractivity contribution >= 4 is 52.0 Å². The van der Waals surface area contributed by atoms with Gasteiger partial charge >= 0.3 is 12.4 Å². The van der Waals surface area contributed by atoms with Gasteiger partial charge < -0.3 is 20.3 Å². The number of nitrogens with one attached hydrogen (secondary N) is 2. The van der Waals surface area contributed by atoms with Crippen molar-refractivity contribution in [1.29, 1.82) is 0 Å². The van der Waals surface area contributed by atoms with Crippen LogP contribution in [0.4, 0.5) is 37.7 Å². The number of carbonyl (C=O) groups excluding carboxylic acids is 3. The van der Waals surface area contributed by atoms with Gasteiger partial charge in [0, 0.05) is 25.3 Å². The van der Waals surface area contributed by atoms with E-state index in [0.29, 0.717) is 23.2 Å². The van der Waals surface area contributed by atoms with Crippen molar-refractivity contribution in [2.24, 2.45) is 5.92 Å². The third-order valence-corrected chi connectivity index (χ3v) is 7.66. The second-order valence-electron chi connectivity index (χ2n) is 9.63. The summed E-state index contributed by atoms with van der Waals surface area (Å²) in [6.45, 7) is -2.42. The molecule has 2 aliphatic rings. The van der Waals surface area contributed by atoms with Gasteiger partial charge in [0.1, 0.15) is 12.6 Å². The standard InChI is InChI=1S/C25H25ClF6N4O4S/c26-20-6-5-19(41-20)23(39)33-10-18(35(11-14-1-2-14)13-24(27,28)29)22(38)34-17-4-3-15(9-16(17)25(30,31)32)36-7-8-40-12-21(36)37/h3-6,9,14,18H,1-2,7-8,10-13H2,(H,33,39)(H,34,38)/t18-/m1/s1. The molecule has 1 atom stereocenters. The van der Waals surface area contributed by atoms with Gasteiger partial charge in [-0.05, 0) is 49.1 Å². The number of hydrogen-bond donors (Lipinski definition) is 2. The van der Waals surface area contributed by atoms with Gasteiger partial charge in [-0.2, -0.15) is 26.3 Å². The molecule has 8 nitrogen and oxygen atoms in total. The highest BCUT2D eigenvalue weighted by Gasteiger charge is 2.41. The van der Waals surface area contributed by atoms with Crippen LogP contribution in [0.5, 0.6) is 0 Å². The largest absolute Gasteiger partial charge is 0.418 e. The van der Waals surface area contributed by atoms with Gasteiger partial charge in [-0.25, -0.2) is 0 Å². The van der Waals surface area contributed by atoms with Crippen LogP contribution in [-0.2, 0) is 20.5 Å². The Morgan fingerprint density at radius 2 is 1.88 bits per heavy atom. The number of ether oxygens (including phenoxy) is 1. The average molecular weight is 627 g/mol. The third-order valence-electron chi connectivity index (χ3n) is 6.43. The first-order valence-corrected chi connectivity index (χ1v) is 13.7. The molecule has 3 amide bonds. The summed E-state index contributed by atoms with van der Waals surface area (Å²) in [4.78, 5) is 40.1. The lowest BCUT2D eigenvalue weighted by atomic mass is 10.1. The first kappa shape index (κ1) is 31.1. The van der Waals surface area contributed by atoms with Crippen molar-refractivity contribution in [2.75, 3.05) is 49.6 Å². The number of benzene rings is 1. The molecule has 2 aromatic rings. The summed E-state index contributed by atoms with van der Waals surface area (Å²) in [5.74, 6) is -2.53. The highest BCUT2D eigenvalue weighted by molar-refractivity contribution is 7.18. The third kappa shape index (κ3) is 8.56. The van der Waals surface area contributed by atoms with Crippen LogP contribution in [0.1, 0.15) is 28.1 Å². The van der Waals surface area contributed by atoms with E-state index < -0.39 is 60.5 Å². The summed E-state index contributed by atoms with van der Waals surface area (Å²) in [6.07, 6.45) is -8.41. The Hall–Kier alpha value is -2.88. The van der Waals surface area contributed by atoms with E-state index >= 15 is 0 Å². The summed E-state index contributed by atoms with van der Waals surface area (Å²) in [6, 6.07) is 4.01. The topological polar surface area (TPSA) is 91.0 Å². The highest BCUT2D eigenvalue weighted by atomic mass is 35.5. The van der Waals surface area contributed by atoms with E-state index in [4.69, 9.17) is 16.3 Å². The predicted octanol–water partition coefficient (Wildman–Crippen LogP) is 4.79. The molecule has 2 heterocycles. The van der Waals surface area contributed by atoms with Crippen LogP contribution in [0.2, 0.25) is 4.34 Å². The molecule has 0 unspecified atom stereocenters. The first-order chi connectivity index (χ1) is 19.2. The maximum Gasteiger partial charge on any atom is 0.418 e. The Balaban J connectivity index is 1.61. The SMILES string of the molecule is O=C(NC[C@H](C(=O)Nc1ccc(N2CCOCC2=O)cc1C(F)(F)F)N(CC1CC1)CC(F)(F)F)c1ccc(Cl)s1. The van der Waals surface area contributed by atoms with Crippen LogP contribution in [0.25, 0.3) is 0 Å². The number of amides is 3. The maximum atomic E-state index is 14.0. The fourth-order valence-corrected chi connectivity index (χ4v) is 5.27. The molecule has 0 radical (unpaired) electrons. The van der Waals surface area contributed by atoms with Crippen molar-refractivity contribution in [2.45, 2.75) is 31.2 Å². The number of anilines is 2. The van der Waals surface area contributed by atoms with E-state index in [0.717, 1.165) is 27.2 Å². The normalized spacial score (nSPS) is 17.1. The minimum absolute atomic E-state index is 0.0205. The Bertz CT molecular complexity index is 1280. The number of morpholine rings is 1. The molecular formula is C25H25ClF6N4O4S. The zero-order chi connectivity index (χ0) is 29.9. The van der Waals surface area contributed by atoms with Crippen molar-refractivity contribution < 1.29 is 45.5 Å². The molecule has 0 bridgehead atoms. The lowest BCUT2D eigenvalue weighted by Gasteiger charge is -2.32. The molecule has 1 aliphatic heterocycles. The van der Waals surface area contributed by atoms with Gasteiger partial charge in [-0.1, -0.05) is 11.6 Å². The van der Waals surface area contributed by atoms with Gasteiger partial charge in [0.2, 0.25) is 5.91 Å². The van der Waals surface area contributed by atoms with Gasteiger partial charge in [-0.15, -0.1) is 11.3 Å². The van der Waals surface area contributed by atoms with Gasteiger partial charge in [0.15, 0.2) is 0 Å². The van der Waals surface area contributed by atoms with E-state index in [1.54, 1.807) is 0 Å². The maximum absolute atomic E-state index is 14.0. The quantitative estimate of drug-likeness (QED) is 0.370. The van der Waals surface area contributed by atoms with E-state index in [2.05, 4.69) is 10.6 Å². The molecule has 16 heteroatoms. The molecule has 1 saturated heterocycles. The van der Waals surface area contributed by atoms with E-state index in [1.807, 2.05) is 0 Å². The van der Waals surface area contributed by atoms with Crippen molar-refractivity contribution in [3.05, 3.63) is 45.1 Å². The highest BCUT2D eigenvalue weighted by Crippen LogP contribution is 2.38. The van der Waals surface area contributed by atoms with Crippen molar-refractivity contribution in [3.63, 3.8) is 0 Å². The van der Waals surface area contributed by atoms with Crippen LogP contribution in [-0.4, -0.2) is 74.2 Å². The number of nitrogens with zero attached hydrogens (tertiary/aromatic N) is 2. The van der Waals surface area contributed by atoms with E-state index in [1.165, 1.54) is 18.2 Å². The number of thiophene rings is 1. The predicted molar refractivity (Wildman–Crippen MR) is 139 cm³/mol. The van der Waals surface area contributed by atoms with Crippen LogP contribution < -0.4 is 15.5 Å². The number of alkyl halides is 6. The Morgan fingerprint density at radius 3 is 2.46 bits per heavy atom. The van der Waals surface area contributed by atoms with Crippen LogP contribution in [0.15, 0.2) is 30.3 Å². The number of carbonyl (C=O) groups is 3. The minimum Gasteiger partial charge on any atom is -0.370 e. The zero-order valence-electron chi connectivity index (χ0n) is 21.3. The van der Waals surface area contributed by atoms with E-state index in [-0.39, 0.29) is 42.8 Å². The van der Waals surface area contributed by atoms with Gasteiger partial charge in [0.25, 0.3) is 11.8 Å². The molecule has 2 N–H and O–H groups in total. The lowest BCUT2D eigenvalue weighted by molar-refractivity contribution is -0.154. The second kappa shape index (κ2) is 12.5. The van der Waals surface area contributed by atoms with Crippen molar-refractivity contribution in [1.82, 2.24) is 10.2 Å². The fourth-order valence-electron chi connectivity index (χ4n) is 4.32. The minimum atomic E-state index is -4.98. The van der Waals surface area contributed by atoms with Crippen molar-refractivity contribution in [3.8, 4) is 0 Å². The molecule has 1 aromatic heterocycles. The molecule has 4 rings (SSSR count). The molecule has 1 aromatic carbocycles. The smallest absolute Gasteiger partial charge is 0.370 e. The second-order valence-corrected chi connectivity index (χ2v) is 11.3. The Labute approximate surface area is 239 Å². The molecule has 1 aliphatic carbocycles. The Morgan fingerprint density at radius 1 is 1.15 bits per heavy atom. The Kier molecular flexibility index (Phi) is 9.51. The van der Waals surface area contributed by atoms with Crippen LogP contribution >= 0.6 is 22.9 Å². The fraction of sp³-hybridized carbons (Fsp3) is 0.480. The summed E-state index contributed by atoms with van der Waals surface area (Å²) in [7, 11) is 0. The molecular weight excluding hydrogens is 602 g/mol. The average Bonchev–Trinajstić information content (AvgIpc) is 3.59. The van der Waals surface area contributed by atoms with E-state index in [9.17, 15) is 40.7 Å². The van der Waals surface area contributed by atoms with Crippen LogP contribution in [0, 0.1) is 5.92 Å². The lowest BCUT2D eigenvalue weighted by Crippen LogP contribution is -2.54. The molecule has 2 fully saturated rings. The molecule has 1 saturated carbocycles. The number of hydrogen-bond acceptors (Lipinski definition) is 6. The summed E-state index contributed by atoms with van der Waals surface area (Å²) < 4.78 is 87.9. The molecule has 0 spiro atoms. The zero-order valence-corrected chi connectivity index (χ0v) is 22.9. The monoisotopic (exact) mass is 626 g/mol. The van der Waals surface area contributed by atoms with Crippen LogP contribution in [0.3, 0.4) is 0 Å². The summed E-state index contributed by atoms with van der Waals surface area (Å²) >= 11 is 6.75. The van der Waals surface area contributed by atoms with Gasteiger partial charge in [-0.3, -0.25) is 19.3 Å². The molecule has 224 valence electrons. The number of rotatable bonds is 10. The van der Waals surface area contributed by atoms with Gasteiger partial charge in [0.05, 0.1) is 33.6 Å². The summed E-state index contributed by atoms with van der Waals surface area (Å²) in [5.41, 5.74) is -2.07. The number of halogens is 7. The first-order valence-electron chi connectivity index (χ1n) is 12.5.